The molecule has 1 N–H and O–H groups in total. The molecule has 0 unspecified atom stereocenters. The largest absolute Gasteiger partial charge is 0.356 e. The van der Waals surface area contributed by atoms with Crippen molar-refractivity contribution in [1.82, 2.24) is 20.3 Å². The third kappa shape index (κ3) is 3.03. The van der Waals surface area contributed by atoms with Crippen LogP contribution in [0.25, 0.3) is 11.3 Å². The first-order chi connectivity index (χ1) is 13.1. The lowest BCUT2D eigenvalue weighted by atomic mass is 9.94. The van der Waals surface area contributed by atoms with E-state index in [0.717, 1.165) is 41.8 Å². The van der Waals surface area contributed by atoms with Crippen LogP contribution < -0.4 is 0 Å². The third-order valence-corrected chi connectivity index (χ3v) is 5.27. The van der Waals surface area contributed by atoms with Crippen molar-refractivity contribution >= 4 is 5.91 Å². The van der Waals surface area contributed by atoms with Crippen molar-refractivity contribution in [1.29, 1.82) is 0 Å². The number of likely N-dealkylation sites (tertiary alicyclic amines) is 1. The standard InChI is InChI=1S/C20H21FN4O2/c1-12-13(2)24-27-19(12)15-11-22-23-18(15)17-9-5-6-10-25(17)20(26)14-7-3-4-8-16(14)21/h3-4,7-8,11,17H,5-6,9-10H2,1-2H3,(H,22,23)/t17-/m1/s1. The highest BCUT2D eigenvalue weighted by atomic mass is 19.1. The summed E-state index contributed by atoms with van der Waals surface area (Å²) in [5.74, 6) is -0.151. The zero-order chi connectivity index (χ0) is 19.0. The second kappa shape index (κ2) is 6.98. The molecule has 4 rings (SSSR count). The monoisotopic (exact) mass is 368 g/mol. The number of aromatic amines is 1. The van der Waals surface area contributed by atoms with Crippen LogP contribution in [0.2, 0.25) is 0 Å². The molecule has 0 bridgehead atoms. The minimum atomic E-state index is -0.502. The summed E-state index contributed by atoms with van der Waals surface area (Å²) in [6, 6.07) is 5.89. The molecule has 1 aliphatic rings. The van der Waals surface area contributed by atoms with Gasteiger partial charge in [0, 0.05) is 12.1 Å². The fourth-order valence-electron chi connectivity index (χ4n) is 3.66. The van der Waals surface area contributed by atoms with E-state index in [0.29, 0.717) is 12.3 Å². The van der Waals surface area contributed by atoms with E-state index in [1.54, 1.807) is 23.2 Å². The van der Waals surface area contributed by atoms with Gasteiger partial charge >= 0.3 is 0 Å². The van der Waals surface area contributed by atoms with Crippen molar-refractivity contribution in [2.75, 3.05) is 6.54 Å². The van der Waals surface area contributed by atoms with Gasteiger partial charge in [-0.2, -0.15) is 5.10 Å². The summed E-state index contributed by atoms with van der Waals surface area (Å²) in [4.78, 5) is 14.8. The van der Waals surface area contributed by atoms with Crippen molar-refractivity contribution in [3.05, 3.63) is 58.8 Å². The van der Waals surface area contributed by atoms with Crippen LogP contribution in [-0.4, -0.2) is 32.7 Å². The van der Waals surface area contributed by atoms with Gasteiger partial charge in [-0.1, -0.05) is 17.3 Å². The molecule has 1 aromatic carbocycles. The number of halogens is 1. The lowest BCUT2D eigenvalue weighted by Gasteiger charge is -2.35. The van der Waals surface area contributed by atoms with E-state index in [1.165, 1.54) is 12.1 Å². The fraction of sp³-hybridized carbons (Fsp3) is 0.350. The summed E-state index contributed by atoms with van der Waals surface area (Å²) in [7, 11) is 0. The topological polar surface area (TPSA) is 75.0 Å². The predicted octanol–water partition coefficient (Wildman–Crippen LogP) is 4.19. The summed E-state index contributed by atoms with van der Waals surface area (Å²) in [6.07, 6.45) is 4.35. The summed E-state index contributed by atoms with van der Waals surface area (Å²) >= 11 is 0. The van der Waals surface area contributed by atoms with E-state index < -0.39 is 5.82 Å². The number of aromatic nitrogens is 3. The molecule has 1 fully saturated rings. The maximum atomic E-state index is 14.2. The van der Waals surface area contributed by atoms with E-state index in [9.17, 15) is 9.18 Å². The number of H-pyrrole nitrogens is 1. The van der Waals surface area contributed by atoms with Crippen molar-refractivity contribution in [2.24, 2.45) is 0 Å². The third-order valence-electron chi connectivity index (χ3n) is 5.27. The molecular formula is C20H21FN4O2. The molecule has 3 aromatic rings. The van der Waals surface area contributed by atoms with Gasteiger partial charge in [0.05, 0.1) is 34.8 Å². The molecule has 7 heteroatoms. The maximum absolute atomic E-state index is 14.2. The number of piperidine rings is 1. The normalized spacial score (nSPS) is 17.3. The number of nitrogens with one attached hydrogen (secondary N) is 1. The lowest BCUT2D eigenvalue weighted by molar-refractivity contribution is 0.0601. The van der Waals surface area contributed by atoms with Gasteiger partial charge in [-0.3, -0.25) is 9.89 Å². The zero-order valence-electron chi connectivity index (χ0n) is 15.3. The molecule has 1 amide bonds. The van der Waals surface area contributed by atoms with Crippen LogP contribution in [-0.2, 0) is 0 Å². The SMILES string of the molecule is Cc1noc(-c2cn[nH]c2[C@H]2CCCCN2C(=O)c2ccccc2F)c1C. The summed E-state index contributed by atoms with van der Waals surface area (Å²) in [5, 5.41) is 11.2. The second-order valence-corrected chi connectivity index (χ2v) is 6.91. The molecule has 27 heavy (non-hydrogen) atoms. The number of carbonyl (C=O) groups excluding carboxylic acids is 1. The van der Waals surface area contributed by atoms with Crippen molar-refractivity contribution in [3.63, 3.8) is 0 Å². The number of nitrogens with zero attached hydrogens (tertiary/aromatic N) is 3. The number of hydrogen-bond acceptors (Lipinski definition) is 4. The van der Waals surface area contributed by atoms with E-state index >= 15 is 0 Å². The molecule has 1 saturated heterocycles. The molecule has 6 nitrogen and oxygen atoms in total. The Labute approximate surface area is 156 Å². The molecule has 3 heterocycles. The molecule has 0 radical (unpaired) electrons. The average Bonchev–Trinajstić information content (AvgIpc) is 3.29. The Morgan fingerprint density at radius 1 is 1.30 bits per heavy atom. The van der Waals surface area contributed by atoms with Gasteiger partial charge in [0.1, 0.15) is 5.82 Å². The van der Waals surface area contributed by atoms with Crippen LogP contribution in [0.1, 0.15) is 52.6 Å². The van der Waals surface area contributed by atoms with Gasteiger partial charge in [-0.15, -0.1) is 0 Å². The van der Waals surface area contributed by atoms with Crippen LogP contribution in [0.5, 0.6) is 0 Å². The molecule has 0 aliphatic carbocycles. The van der Waals surface area contributed by atoms with Gasteiger partial charge in [-0.05, 0) is 45.2 Å². The first-order valence-electron chi connectivity index (χ1n) is 9.10. The number of hydrogen-bond donors (Lipinski definition) is 1. The summed E-state index contributed by atoms with van der Waals surface area (Å²) in [5.41, 5.74) is 3.46. The molecular weight excluding hydrogens is 347 g/mol. The van der Waals surface area contributed by atoms with Gasteiger partial charge < -0.3 is 9.42 Å². The molecule has 0 saturated carbocycles. The molecule has 1 aliphatic heterocycles. The molecule has 1 atom stereocenters. The number of aryl methyl sites for hydroxylation is 1. The highest BCUT2D eigenvalue weighted by Gasteiger charge is 2.33. The highest BCUT2D eigenvalue weighted by Crippen LogP contribution is 2.37. The van der Waals surface area contributed by atoms with Crippen LogP contribution in [0.3, 0.4) is 0 Å². The van der Waals surface area contributed by atoms with Gasteiger partial charge in [0.2, 0.25) is 0 Å². The fourth-order valence-corrected chi connectivity index (χ4v) is 3.66. The predicted molar refractivity (Wildman–Crippen MR) is 97.6 cm³/mol. The van der Waals surface area contributed by atoms with Crippen molar-refractivity contribution in [3.8, 4) is 11.3 Å². The quantitative estimate of drug-likeness (QED) is 0.752. The first-order valence-corrected chi connectivity index (χ1v) is 9.10. The van der Waals surface area contributed by atoms with Gasteiger partial charge in [0.15, 0.2) is 5.76 Å². The first kappa shape index (κ1) is 17.5. The highest BCUT2D eigenvalue weighted by molar-refractivity contribution is 5.95. The van der Waals surface area contributed by atoms with Crippen LogP contribution in [0, 0.1) is 19.7 Å². The minimum absolute atomic E-state index is 0.0946. The summed E-state index contributed by atoms with van der Waals surface area (Å²) < 4.78 is 19.7. The van der Waals surface area contributed by atoms with E-state index in [1.807, 2.05) is 13.8 Å². The van der Waals surface area contributed by atoms with Gasteiger partial charge in [0.25, 0.3) is 5.91 Å². The molecule has 0 spiro atoms. The maximum Gasteiger partial charge on any atom is 0.257 e. The Morgan fingerprint density at radius 3 is 2.85 bits per heavy atom. The Bertz CT molecular complexity index is 978. The average molecular weight is 368 g/mol. The summed E-state index contributed by atoms with van der Waals surface area (Å²) in [6.45, 7) is 4.41. The number of carbonyl (C=O) groups is 1. The Kier molecular flexibility index (Phi) is 4.51. The van der Waals surface area contributed by atoms with Crippen LogP contribution >= 0.6 is 0 Å². The zero-order valence-corrected chi connectivity index (χ0v) is 15.3. The Balaban J connectivity index is 1.72. The Hall–Kier alpha value is -2.96. The van der Waals surface area contributed by atoms with Gasteiger partial charge in [-0.25, -0.2) is 4.39 Å². The number of amides is 1. The Morgan fingerprint density at radius 2 is 2.11 bits per heavy atom. The van der Waals surface area contributed by atoms with E-state index in [4.69, 9.17) is 4.52 Å². The van der Waals surface area contributed by atoms with E-state index in [-0.39, 0.29) is 17.5 Å². The minimum Gasteiger partial charge on any atom is -0.356 e. The van der Waals surface area contributed by atoms with Crippen molar-refractivity contribution in [2.45, 2.75) is 39.2 Å². The lowest BCUT2D eigenvalue weighted by Crippen LogP contribution is -2.39. The smallest absolute Gasteiger partial charge is 0.257 e. The second-order valence-electron chi connectivity index (χ2n) is 6.91. The number of benzene rings is 1. The number of rotatable bonds is 3. The van der Waals surface area contributed by atoms with Crippen molar-refractivity contribution < 1.29 is 13.7 Å². The van der Waals surface area contributed by atoms with Crippen LogP contribution in [0.4, 0.5) is 4.39 Å². The van der Waals surface area contributed by atoms with Crippen LogP contribution in [0.15, 0.2) is 35.0 Å². The van der Waals surface area contributed by atoms with E-state index in [2.05, 4.69) is 15.4 Å². The molecule has 140 valence electrons. The molecule has 2 aromatic heterocycles.